The van der Waals surface area contributed by atoms with Gasteiger partial charge in [0.15, 0.2) is 5.13 Å². The molecule has 2 atom stereocenters. The van der Waals surface area contributed by atoms with Crippen molar-refractivity contribution in [2.24, 2.45) is 0 Å². The Morgan fingerprint density at radius 1 is 1.61 bits per heavy atom. The number of hydrogen-bond acceptors (Lipinski definition) is 5. The molecule has 3 rings (SSSR count). The highest BCUT2D eigenvalue weighted by Crippen LogP contribution is 2.23. The maximum Gasteiger partial charge on any atom is 0.254 e. The van der Waals surface area contributed by atoms with E-state index >= 15 is 0 Å². The van der Waals surface area contributed by atoms with Gasteiger partial charge in [-0.05, 0) is 38.3 Å². The van der Waals surface area contributed by atoms with E-state index in [1.54, 1.807) is 6.92 Å². The standard InChI is InChI=1S/C16H21N3O3S/c1-11(22-9-12-5-2-3-8-21-12)15(20)19-16-18-14(10-23-16)13-6-4-7-17-13/h4,6-7,10-12,17H,2-3,5,8-9H2,1H3,(H,18,19,20)/t11-,12+/m1/s1. The zero-order valence-electron chi connectivity index (χ0n) is 13.1. The molecule has 1 aliphatic heterocycles. The van der Waals surface area contributed by atoms with E-state index in [-0.39, 0.29) is 12.0 Å². The van der Waals surface area contributed by atoms with Crippen molar-refractivity contribution in [3.63, 3.8) is 0 Å². The Hall–Kier alpha value is -1.70. The van der Waals surface area contributed by atoms with Crippen LogP contribution < -0.4 is 5.32 Å². The van der Waals surface area contributed by atoms with Gasteiger partial charge >= 0.3 is 0 Å². The third-order valence-electron chi connectivity index (χ3n) is 3.78. The van der Waals surface area contributed by atoms with Crippen molar-refractivity contribution in [2.45, 2.75) is 38.4 Å². The van der Waals surface area contributed by atoms with Crippen LogP contribution in [0, 0.1) is 0 Å². The molecule has 0 aromatic carbocycles. The van der Waals surface area contributed by atoms with Gasteiger partial charge in [0.05, 0.1) is 24.1 Å². The number of nitrogens with zero attached hydrogens (tertiary/aromatic N) is 1. The van der Waals surface area contributed by atoms with Crippen LogP contribution in [0.4, 0.5) is 5.13 Å². The summed E-state index contributed by atoms with van der Waals surface area (Å²) in [6.07, 6.45) is 4.70. The number of anilines is 1. The van der Waals surface area contributed by atoms with Crippen LogP contribution in [0.25, 0.3) is 11.4 Å². The van der Waals surface area contributed by atoms with Crippen LogP contribution in [0.2, 0.25) is 0 Å². The topological polar surface area (TPSA) is 76.2 Å². The van der Waals surface area contributed by atoms with E-state index in [2.05, 4.69) is 15.3 Å². The van der Waals surface area contributed by atoms with Gasteiger partial charge in [-0.3, -0.25) is 10.1 Å². The van der Waals surface area contributed by atoms with Crippen molar-refractivity contribution < 1.29 is 14.3 Å². The van der Waals surface area contributed by atoms with E-state index in [9.17, 15) is 4.79 Å². The van der Waals surface area contributed by atoms with Gasteiger partial charge in [-0.2, -0.15) is 0 Å². The lowest BCUT2D eigenvalue weighted by atomic mass is 10.1. The second-order valence-corrected chi connectivity index (χ2v) is 6.43. The van der Waals surface area contributed by atoms with Crippen LogP contribution in [0.1, 0.15) is 26.2 Å². The third kappa shape index (κ3) is 4.40. The highest BCUT2D eigenvalue weighted by Gasteiger charge is 2.19. The lowest BCUT2D eigenvalue weighted by Crippen LogP contribution is -2.32. The fourth-order valence-electron chi connectivity index (χ4n) is 2.42. The Labute approximate surface area is 139 Å². The molecule has 0 spiro atoms. The smallest absolute Gasteiger partial charge is 0.254 e. The highest BCUT2D eigenvalue weighted by atomic mass is 32.1. The van der Waals surface area contributed by atoms with Gasteiger partial charge in [-0.25, -0.2) is 4.98 Å². The number of amides is 1. The summed E-state index contributed by atoms with van der Waals surface area (Å²) in [6, 6.07) is 3.85. The van der Waals surface area contributed by atoms with E-state index in [0.29, 0.717) is 11.7 Å². The van der Waals surface area contributed by atoms with Crippen LogP contribution in [-0.2, 0) is 14.3 Å². The maximum absolute atomic E-state index is 12.2. The molecular weight excluding hydrogens is 314 g/mol. The molecule has 1 fully saturated rings. The zero-order chi connectivity index (χ0) is 16.1. The van der Waals surface area contributed by atoms with Crippen molar-refractivity contribution in [1.82, 2.24) is 9.97 Å². The Morgan fingerprint density at radius 3 is 3.26 bits per heavy atom. The lowest BCUT2D eigenvalue weighted by Gasteiger charge is -2.23. The first-order chi connectivity index (χ1) is 11.2. The molecule has 2 N–H and O–H groups in total. The maximum atomic E-state index is 12.2. The van der Waals surface area contributed by atoms with Crippen LogP contribution in [0.15, 0.2) is 23.7 Å². The van der Waals surface area contributed by atoms with Crippen LogP contribution in [0.3, 0.4) is 0 Å². The molecule has 7 heteroatoms. The molecule has 0 radical (unpaired) electrons. The molecule has 0 unspecified atom stereocenters. The summed E-state index contributed by atoms with van der Waals surface area (Å²) in [5.41, 5.74) is 1.75. The fraction of sp³-hybridized carbons (Fsp3) is 0.500. The predicted molar refractivity (Wildman–Crippen MR) is 89.5 cm³/mol. The van der Waals surface area contributed by atoms with E-state index in [0.717, 1.165) is 37.3 Å². The molecule has 23 heavy (non-hydrogen) atoms. The average molecular weight is 335 g/mol. The summed E-state index contributed by atoms with van der Waals surface area (Å²) in [6.45, 7) is 2.99. The van der Waals surface area contributed by atoms with Crippen molar-refractivity contribution in [3.05, 3.63) is 23.7 Å². The first-order valence-electron chi connectivity index (χ1n) is 7.86. The summed E-state index contributed by atoms with van der Waals surface area (Å²) < 4.78 is 11.2. The predicted octanol–water partition coefficient (Wildman–Crippen LogP) is 3.05. The number of rotatable bonds is 6. The second-order valence-electron chi connectivity index (χ2n) is 5.58. The van der Waals surface area contributed by atoms with Crippen LogP contribution in [-0.4, -0.2) is 41.3 Å². The first-order valence-corrected chi connectivity index (χ1v) is 8.73. The number of carbonyl (C=O) groups is 1. The Kier molecular flexibility index (Phi) is 5.43. The van der Waals surface area contributed by atoms with Gasteiger partial charge in [-0.1, -0.05) is 0 Å². The summed E-state index contributed by atoms with van der Waals surface area (Å²) >= 11 is 1.40. The largest absolute Gasteiger partial charge is 0.376 e. The molecule has 0 saturated carbocycles. The van der Waals surface area contributed by atoms with Crippen molar-refractivity contribution in [2.75, 3.05) is 18.5 Å². The second kappa shape index (κ2) is 7.72. The van der Waals surface area contributed by atoms with E-state index in [1.165, 1.54) is 11.3 Å². The number of hydrogen-bond donors (Lipinski definition) is 2. The zero-order valence-corrected chi connectivity index (χ0v) is 13.9. The minimum Gasteiger partial charge on any atom is -0.376 e. The SMILES string of the molecule is C[C@@H](OC[C@@H]1CCCCO1)C(=O)Nc1nc(-c2ccc[nH]2)cs1. The van der Waals surface area contributed by atoms with E-state index in [1.807, 2.05) is 23.7 Å². The minimum atomic E-state index is -0.529. The van der Waals surface area contributed by atoms with Crippen molar-refractivity contribution in [3.8, 4) is 11.4 Å². The first kappa shape index (κ1) is 16.2. The number of aromatic amines is 1. The van der Waals surface area contributed by atoms with Gasteiger partial charge in [0, 0.05) is 18.2 Å². The Bertz CT molecular complexity index is 620. The third-order valence-corrected chi connectivity index (χ3v) is 4.54. The summed E-state index contributed by atoms with van der Waals surface area (Å²) in [4.78, 5) is 19.7. The molecule has 1 amide bonds. The van der Waals surface area contributed by atoms with Crippen LogP contribution >= 0.6 is 11.3 Å². The summed E-state index contributed by atoms with van der Waals surface area (Å²) in [5, 5.41) is 5.28. The number of thiazole rings is 1. The molecule has 0 aliphatic carbocycles. The average Bonchev–Trinajstić information content (AvgIpc) is 3.24. The highest BCUT2D eigenvalue weighted by molar-refractivity contribution is 7.14. The normalized spacial score (nSPS) is 19.4. The molecule has 2 aromatic heterocycles. The quantitative estimate of drug-likeness (QED) is 0.851. The number of aromatic nitrogens is 2. The summed E-state index contributed by atoms with van der Waals surface area (Å²) in [5.74, 6) is -0.187. The number of carbonyl (C=O) groups excluding carboxylic acids is 1. The molecule has 6 nitrogen and oxygen atoms in total. The monoisotopic (exact) mass is 335 g/mol. The van der Waals surface area contributed by atoms with E-state index < -0.39 is 6.10 Å². The van der Waals surface area contributed by atoms with Crippen molar-refractivity contribution >= 4 is 22.4 Å². The molecule has 0 bridgehead atoms. The van der Waals surface area contributed by atoms with Crippen LogP contribution in [0.5, 0.6) is 0 Å². The minimum absolute atomic E-state index is 0.110. The van der Waals surface area contributed by atoms with Gasteiger partial charge in [-0.15, -0.1) is 11.3 Å². The van der Waals surface area contributed by atoms with Gasteiger partial charge in [0.2, 0.25) is 0 Å². The summed E-state index contributed by atoms with van der Waals surface area (Å²) in [7, 11) is 0. The number of H-pyrrole nitrogens is 1. The molecule has 124 valence electrons. The number of ether oxygens (including phenoxy) is 2. The molecular formula is C16H21N3O3S. The van der Waals surface area contributed by atoms with E-state index in [4.69, 9.17) is 9.47 Å². The molecule has 1 aliphatic rings. The fourth-order valence-corrected chi connectivity index (χ4v) is 3.13. The van der Waals surface area contributed by atoms with Gasteiger partial charge < -0.3 is 14.5 Å². The Balaban J connectivity index is 1.48. The lowest BCUT2D eigenvalue weighted by molar-refractivity contribution is -0.130. The van der Waals surface area contributed by atoms with Gasteiger partial charge in [0.25, 0.3) is 5.91 Å². The Morgan fingerprint density at radius 2 is 2.52 bits per heavy atom. The van der Waals surface area contributed by atoms with Crippen molar-refractivity contribution in [1.29, 1.82) is 0 Å². The molecule has 3 heterocycles. The number of nitrogens with one attached hydrogen (secondary N) is 2. The molecule has 1 saturated heterocycles. The van der Waals surface area contributed by atoms with Gasteiger partial charge in [0.1, 0.15) is 6.10 Å². The molecule has 2 aromatic rings.